The number of aromatic amines is 1. The zero-order valence-electron chi connectivity index (χ0n) is 9.56. The molecule has 1 heterocycles. The van der Waals surface area contributed by atoms with Crippen molar-refractivity contribution in [1.29, 1.82) is 0 Å². The Labute approximate surface area is 98.6 Å². The van der Waals surface area contributed by atoms with Crippen LogP contribution in [0.1, 0.15) is 12.1 Å². The van der Waals surface area contributed by atoms with Gasteiger partial charge in [-0.1, -0.05) is 0 Å². The third-order valence-electron chi connectivity index (χ3n) is 2.21. The maximum Gasteiger partial charge on any atom is 0.326 e. The van der Waals surface area contributed by atoms with E-state index in [1.807, 2.05) is 0 Å². The fraction of sp³-hybridized carbons (Fsp3) is 0.500. The molecule has 1 aromatic rings. The van der Waals surface area contributed by atoms with Gasteiger partial charge < -0.3 is 20.7 Å². The first-order valence-electron chi connectivity index (χ1n) is 5.27. The van der Waals surface area contributed by atoms with Crippen LogP contribution >= 0.6 is 0 Å². The predicted molar refractivity (Wildman–Crippen MR) is 60.4 cm³/mol. The molecular formula is C10H16N4O3. The number of hydrogen-bond acceptors (Lipinski definition) is 4. The van der Waals surface area contributed by atoms with Gasteiger partial charge in [-0.3, -0.25) is 4.79 Å². The van der Waals surface area contributed by atoms with Crippen molar-refractivity contribution in [3.05, 3.63) is 18.2 Å². The van der Waals surface area contributed by atoms with Gasteiger partial charge in [0.15, 0.2) is 0 Å². The van der Waals surface area contributed by atoms with E-state index >= 15 is 0 Å². The smallest absolute Gasteiger partial charge is 0.326 e. The van der Waals surface area contributed by atoms with Crippen molar-refractivity contribution in [2.24, 2.45) is 0 Å². The molecule has 0 aliphatic rings. The number of carboxylic acid groups (broad SMARTS) is 1. The van der Waals surface area contributed by atoms with E-state index in [2.05, 4.69) is 20.6 Å². The van der Waals surface area contributed by atoms with Gasteiger partial charge in [-0.15, -0.1) is 0 Å². The molecule has 0 aromatic carbocycles. The third-order valence-corrected chi connectivity index (χ3v) is 2.21. The zero-order chi connectivity index (χ0) is 12.7. The summed E-state index contributed by atoms with van der Waals surface area (Å²) in [7, 11) is 1.73. The van der Waals surface area contributed by atoms with E-state index in [0.717, 1.165) is 0 Å². The Hall–Kier alpha value is -1.89. The highest BCUT2D eigenvalue weighted by Crippen LogP contribution is 1.99. The quantitative estimate of drug-likeness (QED) is 0.495. The van der Waals surface area contributed by atoms with Crippen LogP contribution in [0.25, 0.3) is 0 Å². The lowest BCUT2D eigenvalue weighted by Crippen LogP contribution is -2.43. The van der Waals surface area contributed by atoms with Crippen molar-refractivity contribution in [2.45, 2.75) is 18.9 Å². The summed E-state index contributed by atoms with van der Waals surface area (Å²) in [6.45, 7) is 0.516. The summed E-state index contributed by atoms with van der Waals surface area (Å²) in [4.78, 5) is 29.0. The van der Waals surface area contributed by atoms with Gasteiger partial charge >= 0.3 is 5.97 Å². The first-order valence-corrected chi connectivity index (χ1v) is 5.27. The molecule has 0 saturated heterocycles. The highest BCUT2D eigenvalue weighted by Gasteiger charge is 2.20. The number of hydrogen-bond donors (Lipinski definition) is 4. The number of amides is 1. The number of imidazole rings is 1. The molecule has 17 heavy (non-hydrogen) atoms. The molecule has 0 bridgehead atoms. The van der Waals surface area contributed by atoms with Crippen LogP contribution in [0.2, 0.25) is 0 Å². The van der Waals surface area contributed by atoms with Gasteiger partial charge in [0, 0.05) is 31.3 Å². The minimum atomic E-state index is -1.06. The Morgan fingerprint density at radius 3 is 2.88 bits per heavy atom. The average Bonchev–Trinajstić information content (AvgIpc) is 2.78. The van der Waals surface area contributed by atoms with Gasteiger partial charge in [-0.2, -0.15) is 0 Å². The molecule has 4 N–H and O–H groups in total. The Kier molecular flexibility index (Phi) is 5.15. The molecule has 0 spiro atoms. The number of rotatable bonds is 7. The maximum atomic E-state index is 11.4. The van der Waals surface area contributed by atoms with E-state index in [0.29, 0.717) is 12.2 Å². The van der Waals surface area contributed by atoms with Crippen molar-refractivity contribution >= 4 is 11.9 Å². The van der Waals surface area contributed by atoms with Gasteiger partial charge in [0.1, 0.15) is 6.04 Å². The van der Waals surface area contributed by atoms with Crippen LogP contribution < -0.4 is 10.6 Å². The molecule has 0 aliphatic heterocycles. The topological polar surface area (TPSA) is 107 Å². The second-order valence-corrected chi connectivity index (χ2v) is 3.59. The van der Waals surface area contributed by atoms with Crippen molar-refractivity contribution in [1.82, 2.24) is 20.6 Å². The molecule has 0 radical (unpaired) electrons. The molecule has 0 aliphatic carbocycles. The SMILES string of the molecule is CNCCC(=O)N[C@@H](Cc1cnc[nH]1)C(=O)O. The number of aliphatic carboxylic acids is 1. The standard InChI is InChI=1S/C10H16N4O3/c1-11-3-2-9(15)14-8(10(16)17)4-7-5-12-6-13-7/h5-6,8,11H,2-4H2,1H3,(H,12,13)(H,14,15)(H,16,17)/t8-/m0/s1. The molecule has 1 rings (SSSR count). The van der Waals surface area contributed by atoms with Gasteiger partial charge in [0.05, 0.1) is 6.33 Å². The summed E-state index contributed by atoms with van der Waals surface area (Å²) in [5.74, 6) is -1.34. The monoisotopic (exact) mass is 240 g/mol. The van der Waals surface area contributed by atoms with Crippen LogP contribution in [-0.2, 0) is 16.0 Å². The number of carbonyl (C=O) groups excluding carboxylic acids is 1. The maximum absolute atomic E-state index is 11.4. The van der Waals surface area contributed by atoms with Gasteiger partial charge in [-0.25, -0.2) is 9.78 Å². The number of H-pyrrole nitrogens is 1. The molecule has 1 atom stereocenters. The van der Waals surface area contributed by atoms with Crippen LogP contribution in [0.15, 0.2) is 12.5 Å². The molecule has 1 amide bonds. The highest BCUT2D eigenvalue weighted by atomic mass is 16.4. The molecule has 7 heteroatoms. The van der Waals surface area contributed by atoms with Crippen molar-refractivity contribution < 1.29 is 14.7 Å². The number of carbonyl (C=O) groups is 2. The van der Waals surface area contributed by atoms with Crippen LogP contribution in [0.5, 0.6) is 0 Å². The van der Waals surface area contributed by atoms with E-state index in [1.165, 1.54) is 12.5 Å². The second-order valence-electron chi connectivity index (χ2n) is 3.59. The lowest BCUT2D eigenvalue weighted by molar-refractivity contribution is -0.141. The highest BCUT2D eigenvalue weighted by molar-refractivity contribution is 5.83. The summed E-state index contributed by atoms with van der Waals surface area (Å²) >= 11 is 0. The normalized spacial score (nSPS) is 12.1. The Bertz CT molecular complexity index is 364. The van der Waals surface area contributed by atoms with Crippen molar-refractivity contribution in [3.8, 4) is 0 Å². The Morgan fingerprint density at radius 1 is 1.59 bits per heavy atom. The van der Waals surface area contributed by atoms with Gasteiger partial charge in [0.2, 0.25) is 5.91 Å². The van der Waals surface area contributed by atoms with Gasteiger partial charge in [-0.05, 0) is 7.05 Å². The second kappa shape index (κ2) is 6.64. The minimum Gasteiger partial charge on any atom is -0.480 e. The lowest BCUT2D eigenvalue weighted by atomic mass is 10.1. The van der Waals surface area contributed by atoms with Gasteiger partial charge in [0.25, 0.3) is 0 Å². The predicted octanol–water partition coefficient (Wildman–Crippen LogP) is -0.869. The lowest BCUT2D eigenvalue weighted by Gasteiger charge is -2.13. The third kappa shape index (κ3) is 4.64. The van der Waals surface area contributed by atoms with E-state index in [4.69, 9.17) is 5.11 Å². The number of carboxylic acids is 1. The zero-order valence-corrected chi connectivity index (χ0v) is 9.56. The molecule has 0 unspecified atom stereocenters. The van der Waals surface area contributed by atoms with E-state index in [-0.39, 0.29) is 18.7 Å². The fourth-order valence-corrected chi connectivity index (χ4v) is 1.32. The number of nitrogens with one attached hydrogen (secondary N) is 3. The molecule has 0 fully saturated rings. The van der Waals surface area contributed by atoms with E-state index < -0.39 is 12.0 Å². The summed E-state index contributed by atoms with van der Waals surface area (Å²) in [6.07, 6.45) is 3.46. The Morgan fingerprint density at radius 2 is 2.35 bits per heavy atom. The van der Waals surface area contributed by atoms with Crippen LogP contribution in [0.3, 0.4) is 0 Å². The van der Waals surface area contributed by atoms with Crippen molar-refractivity contribution in [2.75, 3.05) is 13.6 Å². The first-order chi connectivity index (χ1) is 8.13. The largest absolute Gasteiger partial charge is 0.480 e. The number of nitrogens with zero attached hydrogens (tertiary/aromatic N) is 1. The van der Waals surface area contributed by atoms with Crippen LogP contribution in [0.4, 0.5) is 0 Å². The van der Waals surface area contributed by atoms with E-state index in [1.54, 1.807) is 7.05 Å². The van der Waals surface area contributed by atoms with Crippen LogP contribution in [-0.4, -0.2) is 46.6 Å². The summed E-state index contributed by atoms with van der Waals surface area (Å²) < 4.78 is 0. The molecular weight excluding hydrogens is 224 g/mol. The first kappa shape index (κ1) is 13.2. The summed E-state index contributed by atoms with van der Waals surface area (Å²) in [5, 5.41) is 14.3. The summed E-state index contributed by atoms with van der Waals surface area (Å²) in [6, 6.07) is -0.931. The fourth-order valence-electron chi connectivity index (χ4n) is 1.32. The average molecular weight is 240 g/mol. The molecule has 94 valence electrons. The molecule has 1 aromatic heterocycles. The van der Waals surface area contributed by atoms with Crippen LogP contribution in [0, 0.1) is 0 Å². The van der Waals surface area contributed by atoms with Crippen molar-refractivity contribution in [3.63, 3.8) is 0 Å². The van der Waals surface area contributed by atoms with E-state index in [9.17, 15) is 9.59 Å². The number of aromatic nitrogens is 2. The molecule has 7 nitrogen and oxygen atoms in total. The molecule has 0 saturated carbocycles. The Balaban J connectivity index is 2.49. The minimum absolute atomic E-state index is 0.195. The summed E-state index contributed by atoms with van der Waals surface area (Å²) in [5.41, 5.74) is 0.673.